The molecule has 6 nitrogen and oxygen atoms in total. The first-order chi connectivity index (χ1) is 13.5. The topological polar surface area (TPSA) is 60.5 Å². The maximum absolute atomic E-state index is 12.7. The second kappa shape index (κ2) is 7.89. The second-order valence-corrected chi connectivity index (χ2v) is 8.12. The number of nitrogens with zero attached hydrogens (tertiary/aromatic N) is 3. The first-order valence-electron chi connectivity index (χ1n) is 10.1. The molecule has 2 aromatic rings. The minimum Gasteiger partial charge on any atom is -0.318 e. The molecule has 0 atom stereocenters. The van der Waals surface area contributed by atoms with Gasteiger partial charge in [-0.1, -0.05) is 12.1 Å². The predicted molar refractivity (Wildman–Crippen MR) is 114 cm³/mol. The molecule has 6 heteroatoms. The van der Waals surface area contributed by atoms with Crippen molar-refractivity contribution in [2.75, 3.05) is 32.0 Å². The van der Waals surface area contributed by atoms with Crippen LogP contribution in [0.3, 0.4) is 0 Å². The van der Waals surface area contributed by atoms with Crippen molar-refractivity contribution >= 4 is 28.1 Å². The average molecular weight is 380 g/mol. The van der Waals surface area contributed by atoms with E-state index >= 15 is 0 Å². The number of carbonyl (C=O) groups is 1. The number of hydrogen-bond donors (Lipinski definition) is 2. The molecular formula is C22H29N5O. The first kappa shape index (κ1) is 18.9. The van der Waals surface area contributed by atoms with Crippen molar-refractivity contribution < 1.29 is 4.79 Å². The van der Waals surface area contributed by atoms with Crippen molar-refractivity contribution in [3.63, 3.8) is 0 Å². The van der Waals surface area contributed by atoms with E-state index in [0.717, 1.165) is 43.2 Å². The van der Waals surface area contributed by atoms with E-state index in [4.69, 9.17) is 0 Å². The van der Waals surface area contributed by atoms with Gasteiger partial charge in [0, 0.05) is 43.3 Å². The summed E-state index contributed by atoms with van der Waals surface area (Å²) < 4.78 is 0. The number of aromatic nitrogens is 1. The van der Waals surface area contributed by atoms with Gasteiger partial charge in [0.25, 0.3) is 0 Å². The van der Waals surface area contributed by atoms with Crippen LogP contribution in [0.25, 0.3) is 16.3 Å². The van der Waals surface area contributed by atoms with E-state index in [1.165, 1.54) is 11.1 Å². The summed E-state index contributed by atoms with van der Waals surface area (Å²) in [6, 6.07) is 8.90. The third kappa shape index (κ3) is 4.03. The zero-order chi connectivity index (χ0) is 19.7. The highest BCUT2D eigenvalue weighted by Crippen LogP contribution is 2.25. The number of hydrogen-bond acceptors (Lipinski definition) is 5. The number of amides is 1. The average Bonchev–Trinajstić information content (AvgIpc) is 3.14. The van der Waals surface area contributed by atoms with Crippen LogP contribution in [0.5, 0.6) is 0 Å². The summed E-state index contributed by atoms with van der Waals surface area (Å²) in [6.45, 7) is 7.22. The van der Waals surface area contributed by atoms with Crippen LogP contribution in [-0.4, -0.2) is 53.5 Å². The van der Waals surface area contributed by atoms with Gasteiger partial charge in [0.1, 0.15) is 5.82 Å². The Morgan fingerprint density at radius 2 is 2.00 bits per heavy atom. The van der Waals surface area contributed by atoms with Crippen LogP contribution in [0.15, 0.2) is 36.7 Å². The minimum atomic E-state index is 0.0732. The van der Waals surface area contributed by atoms with Gasteiger partial charge >= 0.3 is 0 Å². The van der Waals surface area contributed by atoms with Gasteiger partial charge in [0.15, 0.2) is 0 Å². The van der Waals surface area contributed by atoms with E-state index in [9.17, 15) is 4.79 Å². The molecule has 0 aliphatic carbocycles. The molecule has 2 aliphatic rings. The van der Waals surface area contributed by atoms with Crippen LogP contribution < -0.4 is 10.7 Å². The number of nitrogens with one attached hydrogen (secondary N) is 2. The van der Waals surface area contributed by atoms with E-state index in [1.54, 1.807) is 0 Å². The standard InChI is InChI=1S/C22H29N5O/c1-15(2)27-8-6-16(7-9-27)22(28)25-21-11-19-10-17(4-5-18(19)12-23-21)20-13-24-26(3)14-20/h4-5,10-12,14-16,24H,6-9,13H2,1-3H3,(H,23,25,28). The molecule has 0 radical (unpaired) electrons. The number of rotatable bonds is 4. The number of hydrazine groups is 1. The molecule has 0 saturated carbocycles. The normalized spacial score (nSPS) is 18.7. The Hall–Kier alpha value is -2.44. The van der Waals surface area contributed by atoms with Crippen molar-refractivity contribution in [2.45, 2.75) is 32.7 Å². The Kier molecular flexibility index (Phi) is 5.33. The molecule has 1 fully saturated rings. The van der Waals surface area contributed by atoms with Crippen molar-refractivity contribution in [1.29, 1.82) is 0 Å². The van der Waals surface area contributed by atoms with Gasteiger partial charge in [0.05, 0.1) is 0 Å². The number of carbonyl (C=O) groups excluding carboxylic acids is 1. The highest BCUT2D eigenvalue weighted by molar-refractivity contribution is 5.94. The van der Waals surface area contributed by atoms with Gasteiger partial charge < -0.3 is 15.2 Å². The van der Waals surface area contributed by atoms with E-state index in [-0.39, 0.29) is 11.8 Å². The van der Waals surface area contributed by atoms with Gasteiger partial charge in [0.2, 0.25) is 5.91 Å². The molecule has 0 spiro atoms. The minimum absolute atomic E-state index is 0.0732. The fourth-order valence-corrected chi connectivity index (χ4v) is 4.03. The van der Waals surface area contributed by atoms with Crippen molar-refractivity contribution in [3.05, 3.63) is 42.2 Å². The lowest BCUT2D eigenvalue weighted by Crippen LogP contribution is -2.41. The second-order valence-electron chi connectivity index (χ2n) is 8.12. The molecule has 1 amide bonds. The quantitative estimate of drug-likeness (QED) is 0.855. The maximum atomic E-state index is 12.7. The Morgan fingerprint density at radius 1 is 1.21 bits per heavy atom. The lowest BCUT2D eigenvalue weighted by molar-refractivity contribution is -0.121. The number of benzene rings is 1. The third-order valence-electron chi connectivity index (χ3n) is 5.84. The van der Waals surface area contributed by atoms with Crippen LogP contribution in [0.2, 0.25) is 0 Å². The summed E-state index contributed by atoms with van der Waals surface area (Å²) in [5.74, 6) is 0.802. The monoisotopic (exact) mass is 379 g/mol. The maximum Gasteiger partial charge on any atom is 0.228 e. The fraction of sp³-hybridized carbons (Fsp3) is 0.455. The SMILES string of the molecule is CC(C)N1CCC(C(=O)Nc2cc3cc(C4=CN(C)NC4)ccc3cn2)CC1. The summed E-state index contributed by atoms with van der Waals surface area (Å²) in [4.78, 5) is 19.6. The zero-order valence-corrected chi connectivity index (χ0v) is 16.9. The Bertz CT molecular complexity index is 899. The summed E-state index contributed by atoms with van der Waals surface area (Å²) in [5.41, 5.74) is 5.71. The van der Waals surface area contributed by atoms with Gasteiger partial charge in [-0.2, -0.15) is 0 Å². The predicted octanol–water partition coefficient (Wildman–Crippen LogP) is 3.08. The van der Waals surface area contributed by atoms with E-state index in [2.05, 4.69) is 58.9 Å². The molecule has 2 aliphatic heterocycles. The van der Waals surface area contributed by atoms with E-state index in [1.807, 2.05) is 24.3 Å². The van der Waals surface area contributed by atoms with E-state index in [0.29, 0.717) is 11.9 Å². The molecule has 1 aromatic carbocycles. The Balaban J connectivity index is 1.47. The number of piperidine rings is 1. The summed E-state index contributed by atoms with van der Waals surface area (Å²) in [6.07, 6.45) is 5.77. The fourth-order valence-electron chi connectivity index (χ4n) is 4.03. The number of pyridine rings is 1. The molecule has 28 heavy (non-hydrogen) atoms. The molecule has 3 heterocycles. The molecule has 1 aromatic heterocycles. The molecule has 148 valence electrons. The molecule has 0 bridgehead atoms. The molecule has 1 saturated heterocycles. The van der Waals surface area contributed by atoms with Gasteiger partial charge in [-0.05, 0) is 68.4 Å². The highest BCUT2D eigenvalue weighted by atomic mass is 16.1. The van der Waals surface area contributed by atoms with Crippen LogP contribution in [0.4, 0.5) is 5.82 Å². The summed E-state index contributed by atoms with van der Waals surface area (Å²) in [5, 5.41) is 7.18. The third-order valence-corrected chi connectivity index (χ3v) is 5.84. The van der Waals surface area contributed by atoms with Crippen LogP contribution in [-0.2, 0) is 4.79 Å². The molecular weight excluding hydrogens is 350 g/mol. The first-order valence-corrected chi connectivity index (χ1v) is 10.1. The summed E-state index contributed by atoms with van der Waals surface area (Å²) in [7, 11) is 2.00. The number of anilines is 1. The lowest BCUT2D eigenvalue weighted by Gasteiger charge is -2.33. The summed E-state index contributed by atoms with van der Waals surface area (Å²) >= 11 is 0. The number of fused-ring (bicyclic) bond motifs is 1. The Morgan fingerprint density at radius 3 is 2.68 bits per heavy atom. The zero-order valence-electron chi connectivity index (χ0n) is 16.9. The number of likely N-dealkylation sites (tertiary alicyclic amines) is 1. The van der Waals surface area contributed by atoms with Crippen molar-refractivity contribution in [3.8, 4) is 0 Å². The molecule has 2 N–H and O–H groups in total. The van der Waals surface area contributed by atoms with Crippen molar-refractivity contribution in [2.24, 2.45) is 5.92 Å². The highest BCUT2D eigenvalue weighted by Gasteiger charge is 2.26. The molecule has 0 unspecified atom stereocenters. The van der Waals surface area contributed by atoms with Gasteiger partial charge in [-0.3, -0.25) is 4.79 Å². The molecule has 4 rings (SSSR count). The van der Waals surface area contributed by atoms with Crippen LogP contribution in [0.1, 0.15) is 32.3 Å². The smallest absolute Gasteiger partial charge is 0.228 e. The van der Waals surface area contributed by atoms with Gasteiger partial charge in [-0.15, -0.1) is 0 Å². The Labute approximate surface area is 166 Å². The lowest BCUT2D eigenvalue weighted by atomic mass is 9.95. The van der Waals surface area contributed by atoms with Crippen molar-refractivity contribution in [1.82, 2.24) is 20.3 Å². The van der Waals surface area contributed by atoms with E-state index < -0.39 is 0 Å². The van der Waals surface area contributed by atoms with Crippen LogP contribution >= 0.6 is 0 Å². The van der Waals surface area contributed by atoms with Crippen LogP contribution in [0, 0.1) is 5.92 Å². The largest absolute Gasteiger partial charge is 0.318 e. The van der Waals surface area contributed by atoms with Gasteiger partial charge in [-0.25, -0.2) is 10.4 Å².